The van der Waals surface area contributed by atoms with Gasteiger partial charge >= 0.3 is 12.0 Å². The van der Waals surface area contributed by atoms with Crippen LogP contribution in [0, 0.1) is 27.7 Å². The number of hydrogen-bond donors (Lipinski definition) is 4. The molecule has 2 amide bonds. The molecule has 202 valence electrons. The van der Waals surface area contributed by atoms with Gasteiger partial charge in [-0.15, -0.1) is 0 Å². The molecular weight excluding hydrogens is 502 g/mol. The average molecular weight is 538 g/mol. The molecule has 0 radical (unpaired) electrons. The Morgan fingerprint density at radius 1 is 0.947 bits per heavy atom. The molecule has 0 aliphatic heterocycles. The maximum atomic E-state index is 13.3. The number of sulfonamides is 1. The van der Waals surface area contributed by atoms with Crippen LogP contribution in [-0.2, 0) is 21.2 Å². The van der Waals surface area contributed by atoms with Gasteiger partial charge in [0.25, 0.3) is 0 Å². The Hall–Kier alpha value is -3.69. The van der Waals surface area contributed by atoms with Gasteiger partial charge in [-0.3, -0.25) is 4.79 Å². The molecule has 0 fully saturated rings. The minimum Gasteiger partial charge on any atom is -0.480 e. The fourth-order valence-electron chi connectivity index (χ4n) is 4.67. The highest BCUT2D eigenvalue weighted by molar-refractivity contribution is 7.89. The van der Waals surface area contributed by atoms with Crippen molar-refractivity contribution in [2.45, 2.75) is 58.4 Å². The number of anilines is 1. The summed E-state index contributed by atoms with van der Waals surface area (Å²) >= 11 is 0. The second-order valence-corrected chi connectivity index (χ2v) is 11.1. The third-order valence-electron chi connectivity index (χ3n) is 6.30. The number of carbonyl (C=O) groups is 2. The summed E-state index contributed by atoms with van der Waals surface area (Å²) in [5, 5.41) is 15.6. The highest BCUT2D eigenvalue weighted by Crippen LogP contribution is 2.32. The quantitative estimate of drug-likeness (QED) is 0.287. The molecule has 0 saturated carbocycles. The first-order chi connectivity index (χ1) is 17.9. The molecule has 0 aliphatic carbocycles. The number of aryl methyl sites for hydroxylation is 3. The number of rotatable bonds is 10. The van der Waals surface area contributed by atoms with E-state index in [0.717, 1.165) is 28.7 Å². The van der Waals surface area contributed by atoms with Crippen LogP contribution in [-0.4, -0.2) is 38.1 Å². The smallest absolute Gasteiger partial charge is 0.322 e. The lowest BCUT2D eigenvalue weighted by Crippen LogP contribution is -2.43. The summed E-state index contributed by atoms with van der Waals surface area (Å²) in [4.78, 5) is 24.9. The maximum Gasteiger partial charge on any atom is 0.322 e. The average Bonchev–Trinajstić information content (AvgIpc) is 2.84. The van der Waals surface area contributed by atoms with Crippen LogP contribution in [0.5, 0.6) is 0 Å². The van der Waals surface area contributed by atoms with Gasteiger partial charge in [0.05, 0.1) is 4.90 Å². The first kappa shape index (κ1) is 28.9. The van der Waals surface area contributed by atoms with E-state index in [9.17, 15) is 23.1 Å². The van der Waals surface area contributed by atoms with E-state index in [1.165, 1.54) is 0 Å². The van der Waals surface area contributed by atoms with E-state index in [4.69, 9.17) is 0 Å². The molecule has 3 rings (SSSR count). The molecule has 0 saturated heterocycles. The molecule has 0 aliphatic rings. The van der Waals surface area contributed by atoms with Gasteiger partial charge in [0.2, 0.25) is 10.0 Å². The number of carboxylic acids is 1. The van der Waals surface area contributed by atoms with Crippen LogP contribution in [0.2, 0.25) is 0 Å². The van der Waals surface area contributed by atoms with Crippen LogP contribution in [0.15, 0.2) is 59.5 Å². The largest absolute Gasteiger partial charge is 0.480 e. The highest BCUT2D eigenvalue weighted by atomic mass is 32.2. The van der Waals surface area contributed by atoms with Crippen LogP contribution in [0.3, 0.4) is 0 Å². The number of hydrogen-bond acceptors (Lipinski definition) is 4. The zero-order chi connectivity index (χ0) is 28.0. The van der Waals surface area contributed by atoms with Crippen molar-refractivity contribution in [2.24, 2.45) is 0 Å². The Bertz CT molecular complexity index is 1410. The third-order valence-corrected chi connectivity index (χ3v) is 8.08. The van der Waals surface area contributed by atoms with Gasteiger partial charge in [-0.25, -0.2) is 13.2 Å². The molecule has 0 heterocycles. The molecule has 3 aromatic rings. The van der Waals surface area contributed by atoms with E-state index >= 15 is 0 Å². The summed E-state index contributed by atoms with van der Waals surface area (Å²) in [6.07, 6.45) is 0.585. The van der Waals surface area contributed by atoms with Crippen molar-refractivity contribution in [1.82, 2.24) is 10.0 Å². The van der Waals surface area contributed by atoms with E-state index in [1.807, 2.05) is 57.2 Å². The molecule has 9 heteroatoms. The summed E-state index contributed by atoms with van der Waals surface area (Å²) in [5.41, 5.74) is 5.51. The number of nitrogens with one attached hydrogen (secondary N) is 3. The fourth-order valence-corrected chi connectivity index (χ4v) is 6.32. The number of carbonyl (C=O) groups excluding carboxylic acids is 1. The summed E-state index contributed by atoms with van der Waals surface area (Å²) < 4.78 is 29.0. The normalized spacial score (nSPS) is 12.1. The van der Waals surface area contributed by atoms with E-state index in [1.54, 1.807) is 32.0 Å². The molecule has 1 atom stereocenters. The highest BCUT2D eigenvalue weighted by Gasteiger charge is 2.29. The minimum absolute atomic E-state index is 0.0715. The number of benzene rings is 3. The van der Waals surface area contributed by atoms with Crippen LogP contribution in [0.4, 0.5) is 10.5 Å². The van der Waals surface area contributed by atoms with Gasteiger partial charge in [-0.05, 0) is 67.5 Å². The molecule has 0 bridgehead atoms. The van der Waals surface area contributed by atoms with Crippen molar-refractivity contribution in [3.63, 3.8) is 0 Å². The van der Waals surface area contributed by atoms with Gasteiger partial charge in [0, 0.05) is 18.7 Å². The monoisotopic (exact) mass is 537 g/mol. The first-order valence-electron chi connectivity index (χ1n) is 12.5. The van der Waals surface area contributed by atoms with E-state index in [0.29, 0.717) is 28.9 Å². The predicted molar refractivity (Wildman–Crippen MR) is 150 cm³/mol. The van der Waals surface area contributed by atoms with Gasteiger partial charge < -0.3 is 15.7 Å². The number of aliphatic carboxylic acids is 1. The zero-order valence-corrected chi connectivity index (χ0v) is 23.2. The molecule has 1 unspecified atom stereocenters. The standard InChI is InChI=1S/C29H35N3O5S/c1-6-14-30-29(35)31-26-21(5)24(22-10-8-7-9-11-22)13-12-23(26)17-25(28(33)34)32-38(36,37)27-19(3)15-18(2)16-20(27)4/h7-13,15-16,25,32H,6,14,17H2,1-5H3,(H,33,34)(H2,30,31,35). The van der Waals surface area contributed by atoms with Crippen LogP contribution >= 0.6 is 0 Å². The van der Waals surface area contributed by atoms with Gasteiger partial charge in [0.15, 0.2) is 0 Å². The predicted octanol–water partition coefficient (Wildman–Crippen LogP) is 5.09. The van der Waals surface area contributed by atoms with Crippen LogP contribution < -0.4 is 15.4 Å². The Morgan fingerprint density at radius 3 is 2.16 bits per heavy atom. The van der Waals surface area contributed by atoms with E-state index in [-0.39, 0.29) is 11.3 Å². The summed E-state index contributed by atoms with van der Waals surface area (Å²) in [5.74, 6) is -1.32. The number of urea groups is 1. The Labute approximate surface area is 224 Å². The van der Waals surface area contributed by atoms with Crippen molar-refractivity contribution in [3.8, 4) is 11.1 Å². The second kappa shape index (κ2) is 12.2. The number of amides is 2. The Balaban J connectivity index is 2.02. The van der Waals surface area contributed by atoms with Crippen LogP contribution in [0.1, 0.15) is 41.2 Å². The Kier molecular flexibility index (Phi) is 9.30. The van der Waals surface area contributed by atoms with Crippen molar-refractivity contribution in [2.75, 3.05) is 11.9 Å². The fraction of sp³-hybridized carbons (Fsp3) is 0.310. The molecule has 38 heavy (non-hydrogen) atoms. The number of carboxylic acid groups (broad SMARTS) is 1. The van der Waals surface area contributed by atoms with Gasteiger partial charge in [0.1, 0.15) is 6.04 Å². The lowest BCUT2D eigenvalue weighted by atomic mass is 9.93. The molecule has 3 aromatic carbocycles. The molecule has 4 N–H and O–H groups in total. The van der Waals surface area contributed by atoms with E-state index in [2.05, 4.69) is 15.4 Å². The molecular formula is C29H35N3O5S. The third kappa shape index (κ3) is 6.79. The van der Waals surface area contributed by atoms with Crippen molar-refractivity contribution >= 4 is 27.7 Å². The maximum absolute atomic E-state index is 13.3. The summed E-state index contributed by atoms with van der Waals surface area (Å²) in [6.45, 7) is 9.51. The van der Waals surface area contributed by atoms with Gasteiger partial charge in [-0.1, -0.05) is 67.1 Å². The van der Waals surface area contributed by atoms with Crippen LogP contribution in [0.25, 0.3) is 11.1 Å². The summed E-state index contributed by atoms with van der Waals surface area (Å²) in [7, 11) is -4.14. The second-order valence-electron chi connectivity index (χ2n) is 9.46. The topological polar surface area (TPSA) is 125 Å². The molecule has 0 aromatic heterocycles. The molecule has 0 spiro atoms. The van der Waals surface area contributed by atoms with Gasteiger partial charge in [-0.2, -0.15) is 4.72 Å². The molecule has 8 nitrogen and oxygen atoms in total. The minimum atomic E-state index is -4.14. The van der Waals surface area contributed by atoms with Crippen molar-refractivity contribution in [3.05, 3.63) is 82.4 Å². The van der Waals surface area contributed by atoms with E-state index < -0.39 is 28.1 Å². The lowest BCUT2D eigenvalue weighted by Gasteiger charge is -2.21. The Morgan fingerprint density at radius 2 is 1.58 bits per heavy atom. The van der Waals surface area contributed by atoms with Crippen molar-refractivity contribution < 1.29 is 23.1 Å². The summed E-state index contributed by atoms with van der Waals surface area (Å²) in [6, 6.07) is 14.8. The SMILES string of the molecule is CCCNC(=O)Nc1c(CC(NS(=O)(=O)c2c(C)cc(C)cc2C)C(=O)O)ccc(-c2ccccc2)c1C. The van der Waals surface area contributed by atoms with Crippen molar-refractivity contribution in [1.29, 1.82) is 0 Å². The lowest BCUT2D eigenvalue weighted by molar-refractivity contribution is -0.138. The zero-order valence-electron chi connectivity index (χ0n) is 22.4. The first-order valence-corrected chi connectivity index (χ1v) is 14.0.